The van der Waals surface area contributed by atoms with Gasteiger partial charge in [0.25, 0.3) is 0 Å². The smallest absolute Gasteiger partial charge is 0.248 e. The van der Waals surface area contributed by atoms with E-state index < -0.39 is 6.39 Å². The van der Waals surface area contributed by atoms with E-state index in [1.807, 2.05) is 0 Å². The number of benzene rings is 17. The third-order valence-corrected chi connectivity index (χ3v) is 50.4. The fraction of sp³-hybridized carbons (Fsp3) is 0.209. The fourth-order valence-electron chi connectivity index (χ4n) is 35.5. The molecule has 5 nitrogen and oxygen atoms in total. The molecular formula is C129H109B8N5P-. The van der Waals surface area contributed by atoms with Gasteiger partial charge in [-0.2, -0.15) is 0 Å². The van der Waals surface area contributed by atoms with Crippen molar-refractivity contribution in [1.29, 1.82) is 0 Å². The summed E-state index contributed by atoms with van der Waals surface area (Å²) >= 11 is 0. The van der Waals surface area contributed by atoms with Crippen molar-refractivity contribution < 1.29 is 0 Å². The summed E-state index contributed by atoms with van der Waals surface area (Å²) in [7, 11) is 0.189. The van der Waals surface area contributed by atoms with Gasteiger partial charge in [-0.3, -0.25) is 0 Å². The van der Waals surface area contributed by atoms with Crippen molar-refractivity contribution in [2.75, 3.05) is 5.09 Å². The molecule has 0 unspecified atom stereocenters. The maximum Gasteiger partial charge on any atom is 0.248 e. The van der Waals surface area contributed by atoms with E-state index in [0.717, 1.165) is 18.6 Å². The first-order chi connectivity index (χ1) is 68.8. The summed E-state index contributed by atoms with van der Waals surface area (Å²) in [6.45, 7) is 46.9. The molecule has 0 atom stereocenters. The quantitative estimate of drug-likeness (QED) is 0.139. The third kappa shape index (κ3) is 8.87. The number of hydrogen-bond donors (Lipinski definition) is 1. The average molecular weight is 1850 g/mol. The number of aryl methyl sites for hydroxylation is 3. The molecule has 37 rings (SSSR count). The molecule has 16 aliphatic heterocycles. The zero-order valence-corrected chi connectivity index (χ0v) is 86.5. The zero-order chi connectivity index (χ0) is 96.5. The Hall–Kier alpha value is -13.3. The van der Waals surface area contributed by atoms with Crippen LogP contribution in [0.25, 0.3) is 110 Å². The Kier molecular flexibility index (Phi) is 14.6. The van der Waals surface area contributed by atoms with Crippen LogP contribution in [-0.4, -0.2) is 70.8 Å². The van der Waals surface area contributed by atoms with E-state index in [0.29, 0.717) is 26.9 Å². The average Bonchev–Trinajstić information content (AvgIpc) is 1.35. The molecule has 0 radical (unpaired) electrons. The van der Waals surface area contributed by atoms with Crippen LogP contribution >= 0.6 is 6.39 Å². The van der Waals surface area contributed by atoms with Gasteiger partial charge in [-0.15, -0.1) is 0 Å². The molecule has 20 heterocycles. The van der Waals surface area contributed by atoms with Crippen LogP contribution in [-0.2, 0) is 43.3 Å². The standard InChI is InChI=1S/C36H31B5N2P.3C31H26BN/c1-35(2)23-13-8-14-24-31(23)38-32-25(35)15-9-17-28(32)43-27-16-10-18-29(30(27)22-19-20-26(36(24,3)4)33(38)34(22)43)44(39-37-40(44)41(39)44)42-21-11-6-5-7-12-21;1-17-12-15-24-19(16-17)18-13-14-23-28-29(18)33(24)25-11-7-10-22-27(25)32(28)26-20(30(22,2)3)8-6-9-21(26)31(23,4)5;1-17-12-13-18-19-14-15-23-28-29(19)33(25(18)16-17)24-11-7-10-22-27(24)32(28)26-20(30(22,2)3)8-6-9-21(26)31(23,4)5;1-17-16-22-28-29-25(17)18-10-6-7-14-23(18)33(29)24-15-9-13-21-27(24)32(28)26-19(30(21,2)3)11-8-12-20(26)31(22,4)5/h5-20,42H,37H2,1-4H3;3*6-16H,1-5H3/q-1;;;. The minimum absolute atomic E-state index is 0.0221. The number of aromatic nitrogens is 4. The summed E-state index contributed by atoms with van der Waals surface area (Å²) in [5, 5.41) is 17.5. The van der Waals surface area contributed by atoms with Gasteiger partial charge in [-0.25, -0.2) is 0 Å². The van der Waals surface area contributed by atoms with Crippen LogP contribution in [0.15, 0.2) is 297 Å². The van der Waals surface area contributed by atoms with Crippen LogP contribution in [0, 0.1) is 20.8 Å². The van der Waals surface area contributed by atoms with E-state index in [2.05, 4.69) is 452 Å². The molecular weight excluding hydrogens is 1740 g/mol. The van der Waals surface area contributed by atoms with E-state index in [1.54, 1.807) is 59.9 Å². The van der Waals surface area contributed by atoms with Gasteiger partial charge < -0.3 is 13.7 Å². The maximum absolute atomic E-state index is 4.38. The molecule has 680 valence electrons. The molecule has 0 amide bonds. The van der Waals surface area contributed by atoms with E-state index in [9.17, 15) is 0 Å². The summed E-state index contributed by atoms with van der Waals surface area (Å²) in [6.07, 6.45) is 0.827. The summed E-state index contributed by atoms with van der Waals surface area (Å²) in [4.78, 5) is 0. The Balaban J connectivity index is 0.0000000847. The third-order valence-electron chi connectivity index (χ3n) is 41.9. The molecule has 16 aliphatic rings. The van der Waals surface area contributed by atoms with Gasteiger partial charge in [0.2, 0.25) is 20.1 Å². The minimum atomic E-state index is -2.13. The zero-order valence-electron chi connectivity index (χ0n) is 85.6. The normalized spacial score (nSPS) is 19.1. The predicted molar refractivity (Wildman–Crippen MR) is 621 cm³/mol. The fourth-order valence-corrected chi connectivity index (χ4v) is 45.9. The van der Waals surface area contributed by atoms with Crippen molar-refractivity contribution >= 4 is 223 Å². The van der Waals surface area contributed by atoms with E-state index >= 15 is 0 Å². The molecule has 0 spiro atoms. The Bertz CT molecular complexity index is 9640. The molecule has 21 aromatic rings. The van der Waals surface area contributed by atoms with E-state index in [4.69, 9.17) is 0 Å². The van der Waals surface area contributed by atoms with Crippen LogP contribution in [0.5, 0.6) is 0 Å². The van der Waals surface area contributed by atoms with Crippen molar-refractivity contribution in [2.45, 2.75) is 175 Å². The van der Waals surface area contributed by atoms with Crippen LogP contribution in [0.3, 0.4) is 0 Å². The molecule has 143 heavy (non-hydrogen) atoms. The first kappa shape index (κ1) is 82.2. The molecule has 1 N–H and O–H groups in total. The number of fused-ring (bicyclic) bond motifs is 16. The molecule has 4 fully saturated rings. The molecule has 4 saturated heterocycles. The second-order valence-electron chi connectivity index (χ2n) is 50.6. The summed E-state index contributed by atoms with van der Waals surface area (Å²) < 4.78 is 10.5. The van der Waals surface area contributed by atoms with Crippen molar-refractivity contribution in [2.24, 2.45) is 0 Å². The van der Waals surface area contributed by atoms with Crippen molar-refractivity contribution in [3.05, 3.63) is 403 Å². The number of nitrogens with zero attached hydrogens (tertiary/aromatic N) is 4. The summed E-state index contributed by atoms with van der Waals surface area (Å²) in [5.41, 5.74) is 64.5. The van der Waals surface area contributed by atoms with Gasteiger partial charge in [-0.05, 0) is 174 Å². The summed E-state index contributed by atoms with van der Waals surface area (Å²) in [5.74, 6) is 0. The molecule has 14 heteroatoms. The number of anilines is 1. The van der Waals surface area contributed by atoms with Gasteiger partial charge in [0.1, 0.15) is 0 Å². The number of rotatable bonds is 3. The molecule has 4 aromatic heterocycles. The number of nitrogens with one attached hydrogen (secondary N) is 1. The largest absolute Gasteiger partial charge is 0.310 e. The van der Waals surface area contributed by atoms with Gasteiger partial charge >= 0.3 is 261 Å². The van der Waals surface area contributed by atoms with Gasteiger partial charge in [0.05, 0.1) is 16.6 Å². The van der Waals surface area contributed by atoms with Crippen LogP contribution in [0.2, 0.25) is 0 Å². The van der Waals surface area contributed by atoms with Crippen LogP contribution in [0.1, 0.15) is 216 Å². The first-order valence-corrected chi connectivity index (χ1v) is 55.9. The second kappa shape index (κ2) is 25.4. The van der Waals surface area contributed by atoms with Gasteiger partial charge in [-0.1, -0.05) is 263 Å². The molecule has 0 saturated carbocycles. The van der Waals surface area contributed by atoms with Crippen LogP contribution < -0.4 is 75.9 Å². The molecule has 0 aliphatic carbocycles. The number of para-hydroxylation sites is 2. The Morgan fingerprint density at radius 3 is 0.979 bits per heavy atom. The maximum atomic E-state index is 4.38. The Labute approximate surface area is 840 Å². The van der Waals surface area contributed by atoms with E-state index in [-0.39, 0.29) is 50.4 Å². The Morgan fingerprint density at radius 1 is 0.231 bits per heavy atom. The minimum Gasteiger partial charge on any atom is -0.310 e. The topological polar surface area (TPSA) is 31.8 Å². The van der Waals surface area contributed by atoms with Crippen molar-refractivity contribution in [1.82, 2.24) is 18.3 Å². The van der Waals surface area contributed by atoms with Crippen molar-refractivity contribution in [3.63, 3.8) is 0 Å². The predicted octanol–water partition coefficient (Wildman–Crippen LogP) is 20.0. The molecule has 2 bridgehead atoms. The summed E-state index contributed by atoms with van der Waals surface area (Å²) in [6, 6.07) is 115. The van der Waals surface area contributed by atoms with Crippen molar-refractivity contribution in [3.8, 4) is 22.7 Å². The second-order valence-corrected chi connectivity index (χ2v) is 56.2. The van der Waals surface area contributed by atoms with Gasteiger partial charge in [0, 0.05) is 98.4 Å². The monoisotopic (exact) mass is 1850 g/mol. The first-order valence-electron chi connectivity index (χ1n) is 53.4. The van der Waals surface area contributed by atoms with Gasteiger partial charge in [0.15, 0.2) is 0 Å². The molecule has 17 aromatic carbocycles. The Morgan fingerprint density at radius 2 is 0.545 bits per heavy atom. The van der Waals surface area contributed by atoms with Crippen LogP contribution in [0.4, 0.5) is 5.69 Å². The number of hydrogen-bond acceptors (Lipinski definition) is 1. The SMILES string of the molecule is CC1(C)c2cccc3c2B2c4c1cccc4C(C)(C)c1ccc4c5c(P67(Nc8ccccc8)B8[BH2-]B6B87)cccc5n-3c4c12.Cc1cc2c3c4c1c1ccccc1n4-c1cccc4c1B3c1c(cccc1C2(C)C)C4(C)C.Cc1ccc2c(c1)c1ccc3c4c1n2-c1cccc2c1B4c1c(cccc1C3(C)C)C2(C)C.Cc1ccc2c3ccc4c5c3n(c2c1)-c1cccc2c1B5c1c(cccc1C4(C)C)C2(C)C. The van der Waals surface area contributed by atoms with E-state index in [1.165, 1.54) is 232 Å².